The van der Waals surface area contributed by atoms with Crippen molar-refractivity contribution in [1.29, 1.82) is 0 Å². The van der Waals surface area contributed by atoms with Crippen LogP contribution in [0.15, 0.2) is 23.0 Å². The Morgan fingerprint density at radius 1 is 1.44 bits per heavy atom. The second-order valence-corrected chi connectivity index (χ2v) is 6.38. The number of hydrogen-bond acceptors (Lipinski definition) is 5. The summed E-state index contributed by atoms with van der Waals surface area (Å²) in [5, 5.41) is 13.4. The largest absolute Gasteiger partial charge is 0.501 e. The maximum absolute atomic E-state index is 12.4. The van der Waals surface area contributed by atoms with Crippen LogP contribution in [0.3, 0.4) is 0 Å². The Morgan fingerprint density at radius 3 is 2.92 bits per heavy atom. The summed E-state index contributed by atoms with van der Waals surface area (Å²) < 4.78 is 6.74. The molecule has 3 rings (SSSR count). The zero-order valence-electron chi connectivity index (χ0n) is 13.3. The van der Waals surface area contributed by atoms with Crippen LogP contribution < -0.4 is 10.9 Å². The molecule has 0 spiro atoms. The number of halogens is 2. The molecule has 0 saturated carbocycles. The van der Waals surface area contributed by atoms with Crippen LogP contribution >= 0.6 is 23.2 Å². The summed E-state index contributed by atoms with van der Waals surface area (Å²) in [5.74, 6) is -1.03. The quantitative estimate of drug-likeness (QED) is 0.847. The third-order valence-corrected chi connectivity index (χ3v) is 4.61. The zero-order chi connectivity index (χ0) is 18.1. The van der Waals surface area contributed by atoms with Crippen LogP contribution in [0.5, 0.6) is 5.75 Å². The molecule has 1 aromatic heterocycles. The minimum absolute atomic E-state index is 0.140. The van der Waals surface area contributed by atoms with E-state index in [0.29, 0.717) is 28.0 Å². The van der Waals surface area contributed by atoms with Crippen LogP contribution in [0, 0.1) is 0 Å². The molecule has 1 atom stereocenters. The summed E-state index contributed by atoms with van der Waals surface area (Å²) in [7, 11) is 0. The average molecular weight is 384 g/mol. The van der Waals surface area contributed by atoms with Crippen molar-refractivity contribution >= 4 is 29.1 Å². The van der Waals surface area contributed by atoms with Crippen molar-refractivity contribution in [2.24, 2.45) is 0 Å². The van der Waals surface area contributed by atoms with Crippen molar-refractivity contribution in [3.63, 3.8) is 0 Å². The van der Waals surface area contributed by atoms with Gasteiger partial charge in [0.15, 0.2) is 5.69 Å². The smallest absolute Gasteiger partial charge is 0.296 e. The Balaban J connectivity index is 1.84. The lowest BCUT2D eigenvalue weighted by molar-refractivity contribution is 0.0256. The molecule has 1 aliphatic rings. The number of carbonyl (C=O) groups excluding carboxylic acids is 1. The van der Waals surface area contributed by atoms with Gasteiger partial charge in [-0.2, -0.15) is 0 Å². The second kappa shape index (κ2) is 7.03. The Bertz CT molecular complexity index is 898. The molecule has 1 unspecified atom stereocenters. The lowest BCUT2D eigenvalue weighted by atomic mass is 10.2. The van der Waals surface area contributed by atoms with E-state index in [2.05, 4.69) is 10.3 Å². The minimum Gasteiger partial charge on any atom is -0.501 e. The summed E-state index contributed by atoms with van der Waals surface area (Å²) in [6, 6.07) is 4.94. The maximum Gasteiger partial charge on any atom is 0.296 e. The molecule has 0 bridgehead atoms. The molecule has 0 aliphatic carbocycles. The number of nitrogens with one attached hydrogen (secondary N) is 1. The molecular weight excluding hydrogens is 369 g/mol. The summed E-state index contributed by atoms with van der Waals surface area (Å²) >= 11 is 11.8. The number of hydrogen-bond donors (Lipinski definition) is 2. The molecule has 1 amide bonds. The highest BCUT2D eigenvalue weighted by atomic mass is 35.5. The molecule has 7 nitrogen and oxygen atoms in total. The molecule has 25 heavy (non-hydrogen) atoms. The minimum atomic E-state index is -0.676. The molecule has 1 aromatic carbocycles. The fraction of sp³-hybridized carbons (Fsp3) is 0.312. The van der Waals surface area contributed by atoms with Gasteiger partial charge < -0.3 is 15.2 Å². The summed E-state index contributed by atoms with van der Waals surface area (Å²) in [6.45, 7) is 2.50. The van der Waals surface area contributed by atoms with Crippen molar-refractivity contribution in [3.05, 3.63) is 55.7 Å². The molecule has 9 heteroatoms. The first-order valence-corrected chi connectivity index (χ1v) is 8.31. The van der Waals surface area contributed by atoms with Crippen LogP contribution in [0.25, 0.3) is 0 Å². The molecule has 2 aromatic rings. The third-order valence-electron chi connectivity index (χ3n) is 3.87. The Kier molecular flexibility index (Phi) is 4.99. The van der Waals surface area contributed by atoms with E-state index in [1.807, 2.05) is 0 Å². The standard InChI is InChI=1S/C16H15Cl2N3O4/c1-8-14-20-12(13(22)16(24)21(14)4-5-25-8)15(23)19-7-9-2-3-10(17)11(18)6-9/h2-3,6,8,22H,4-5,7H2,1H3,(H,19,23). The van der Waals surface area contributed by atoms with Crippen molar-refractivity contribution in [2.45, 2.75) is 26.1 Å². The molecule has 0 saturated heterocycles. The van der Waals surface area contributed by atoms with Gasteiger partial charge in [0.25, 0.3) is 11.5 Å². The summed E-state index contributed by atoms with van der Waals surface area (Å²) in [5.41, 5.74) is -0.262. The van der Waals surface area contributed by atoms with Gasteiger partial charge in [0, 0.05) is 6.54 Å². The van der Waals surface area contributed by atoms with Gasteiger partial charge in [0.1, 0.15) is 11.9 Å². The second-order valence-electron chi connectivity index (χ2n) is 5.57. The van der Waals surface area contributed by atoms with Crippen LogP contribution in [0.1, 0.15) is 34.9 Å². The first kappa shape index (κ1) is 17.7. The van der Waals surface area contributed by atoms with Crippen molar-refractivity contribution in [2.75, 3.05) is 6.61 Å². The molecule has 0 fully saturated rings. The number of amides is 1. The van der Waals surface area contributed by atoms with E-state index in [0.717, 1.165) is 0 Å². The molecular formula is C16H15Cl2N3O4. The highest BCUT2D eigenvalue weighted by molar-refractivity contribution is 6.42. The topological polar surface area (TPSA) is 93.5 Å². The predicted molar refractivity (Wildman–Crippen MR) is 92.2 cm³/mol. The SMILES string of the molecule is CC1OCCn2c1nc(C(=O)NCc1ccc(Cl)c(Cl)c1)c(O)c2=O. The number of ether oxygens (including phenoxy) is 1. The lowest BCUT2D eigenvalue weighted by Gasteiger charge is -2.24. The van der Waals surface area contributed by atoms with E-state index >= 15 is 0 Å². The van der Waals surface area contributed by atoms with E-state index < -0.39 is 23.3 Å². The maximum atomic E-state index is 12.4. The van der Waals surface area contributed by atoms with Crippen LogP contribution in [0.4, 0.5) is 0 Å². The predicted octanol–water partition coefficient (Wildman–Crippen LogP) is 2.28. The molecule has 132 valence electrons. The number of aromatic nitrogens is 2. The van der Waals surface area contributed by atoms with Gasteiger partial charge in [-0.25, -0.2) is 4.98 Å². The van der Waals surface area contributed by atoms with Gasteiger partial charge in [-0.15, -0.1) is 0 Å². The Labute approximate surface area is 153 Å². The number of rotatable bonds is 3. The Hall–Kier alpha value is -2.09. The van der Waals surface area contributed by atoms with E-state index in [1.54, 1.807) is 25.1 Å². The molecule has 0 radical (unpaired) electrons. The number of nitrogens with zero attached hydrogens (tertiary/aromatic N) is 2. The monoisotopic (exact) mass is 383 g/mol. The highest BCUT2D eigenvalue weighted by Gasteiger charge is 2.26. The Morgan fingerprint density at radius 2 is 2.20 bits per heavy atom. The van der Waals surface area contributed by atoms with Gasteiger partial charge in [0.05, 0.1) is 23.2 Å². The highest BCUT2D eigenvalue weighted by Crippen LogP contribution is 2.23. The lowest BCUT2D eigenvalue weighted by Crippen LogP contribution is -2.35. The van der Waals surface area contributed by atoms with Crippen LogP contribution in [-0.2, 0) is 17.8 Å². The molecule has 2 N–H and O–H groups in total. The summed E-state index contributed by atoms with van der Waals surface area (Å²) in [6.07, 6.45) is -0.441. The first-order chi connectivity index (χ1) is 11.9. The first-order valence-electron chi connectivity index (χ1n) is 7.56. The van der Waals surface area contributed by atoms with Crippen molar-refractivity contribution < 1.29 is 14.6 Å². The van der Waals surface area contributed by atoms with Gasteiger partial charge in [-0.3, -0.25) is 14.2 Å². The van der Waals surface area contributed by atoms with E-state index in [9.17, 15) is 14.7 Å². The van der Waals surface area contributed by atoms with Gasteiger partial charge in [-0.05, 0) is 24.6 Å². The third kappa shape index (κ3) is 3.49. The number of benzene rings is 1. The van der Waals surface area contributed by atoms with Crippen LogP contribution in [-0.4, -0.2) is 27.2 Å². The van der Waals surface area contributed by atoms with Crippen molar-refractivity contribution in [1.82, 2.24) is 14.9 Å². The summed E-state index contributed by atoms with van der Waals surface area (Å²) in [4.78, 5) is 28.7. The van der Waals surface area contributed by atoms with E-state index in [4.69, 9.17) is 27.9 Å². The van der Waals surface area contributed by atoms with Gasteiger partial charge >= 0.3 is 0 Å². The number of fused-ring (bicyclic) bond motifs is 1. The zero-order valence-corrected chi connectivity index (χ0v) is 14.8. The van der Waals surface area contributed by atoms with Gasteiger partial charge in [0.2, 0.25) is 5.75 Å². The fourth-order valence-electron chi connectivity index (χ4n) is 2.56. The van der Waals surface area contributed by atoms with E-state index in [1.165, 1.54) is 4.57 Å². The van der Waals surface area contributed by atoms with E-state index in [-0.39, 0.29) is 18.8 Å². The van der Waals surface area contributed by atoms with Crippen molar-refractivity contribution in [3.8, 4) is 5.75 Å². The fourth-order valence-corrected chi connectivity index (χ4v) is 2.88. The van der Waals surface area contributed by atoms with Gasteiger partial charge in [-0.1, -0.05) is 29.3 Å². The number of carbonyl (C=O) groups is 1. The molecule has 1 aliphatic heterocycles. The number of aromatic hydroxyl groups is 1. The normalized spacial score (nSPS) is 16.4. The van der Waals surface area contributed by atoms with Crippen LogP contribution in [0.2, 0.25) is 10.0 Å². The average Bonchev–Trinajstić information content (AvgIpc) is 2.59. The molecule has 2 heterocycles.